The second kappa shape index (κ2) is 7.65. The van der Waals surface area contributed by atoms with Gasteiger partial charge in [0, 0.05) is 0 Å². The van der Waals surface area contributed by atoms with Crippen LogP contribution in [0.4, 0.5) is 32.2 Å². The van der Waals surface area contributed by atoms with Crippen molar-refractivity contribution >= 4 is 41.6 Å². The zero-order valence-electron chi connectivity index (χ0n) is 11.9. The molecule has 0 saturated carbocycles. The number of nitrogen functional groups attached to an aromatic ring is 1. The molecule has 0 unspecified atom stereocenters. The van der Waals surface area contributed by atoms with E-state index < -0.39 is 50.7 Å². The van der Waals surface area contributed by atoms with E-state index in [-0.39, 0.29) is 0 Å². The van der Waals surface area contributed by atoms with E-state index in [0.717, 1.165) is 0 Å². The molecule has 1 aromatic heterocycles. The first-order valence-electron chi connectivity index (χ1n) is 5.97. The van der Waals surface area contributed by atoms with Crippen LogP contribution in [0, 0.1) is 11.3 Å². The molecular formula is C12H4Cl2F6N4OS. The van der Waals surface area contributed by atoms with Crippen LogP contribution in [0.15, 0.2) is 12.1 Å². The van der Waals surface area contributed by atoms with Crippen LogP contribution in [0.1, 0.15) is 16.8 Å². The SMILES string of the molecule is N#Cc1nn(-c2c(Cl)cc(C(F)(F)F)cc2Cl)c(N)c1C(F)(F)F.O=S. The molecule has 2 rings (SSSR count). The average Bonchev–Trinajstić information content (AvgIpc) is 2.84. The van der Waals surface area contributed by atoms with E-state index in [0.29, 0.717) is 16.8 Å². The fourth-order valence-corrected chi connectivity index (χ4v) is 2.54. The maximum absolute atomic E-state index is 12.9. The molecule has 0 amide bonds. The fraction of sp³-hybridized carbons (Fsp3) is 0.167. The van der Waals surface area contributed by atoms with Gasteiger partial charge in [-0.3, -0.25) is 0 Å². The minimum atomic E-state index is -5.00. The Kier molecular flexibility index (Phi) is 6.45. The highest BCUT2D eigenvalue weighted by molar-refractivity contribution is 7.44. The van der Waals surface area contributed by atoms with E-state index in [1.165, 1.54) is 6.07 Å². The minimum absolute atomic E-state index is 0.381. The molecule has 14 heteroatoms. The average molecular weight is 437 g/mol. The number of hydrogen-bond donors (Lipinski definition) is 1. The maximum Gasteiger partial charge on any atom is 0.422 e. The lowest BCUT2D eigenvalue weighted by Gasteiger charge is -2.13. The summed E-state index contributed by atoms with van der Waals surface area (Å²) >= 11 is 14.2. The fourth-order valence-electron chi connectivity index (χ4n) is 1.89. The lowest BCUT2D eigenvalue weighted by Crippen LogP contribution is -2.11. The Bertz CT molecular complexity index is 851. The van der Waals surface area contributed by atoms with Gasteiger partial charge < -0.3 is 5.73 Å². The summed E-state index contributed by atoms with van der Waals surface area (Å²) in [7, 11) is 0. The van der Waals surface area contributed by atoms with Gasteiger partial charge in [0.05, 0.1) is 15.6 Å². The summed E-state index contributed by atoms with van der Waals surface area (Å²) in [6, 6.07) is 2.13. The molecule has 0 aliphatic carbocycles. The van der Waals surface area contributed by atoms with Crippen molar-refractivity contribution < 1.29 is 30.6 Å². The van der Waals surface area contributed by atoms with Gasteiger partial charge in [-0.15, -0.1) is 0 Å². The van der Waals surface area contributed by atoms with Gasteiger partial charge in [0.15, 0.2) is 18.2 Å². The zero-order chi connectivity index (χ0) is 20.4. The Morgan fingerprint density at radius 2 is 1.54 bits per heavy atom. The highest BCUT2D eigenvalue weighted by Gasteiger charge is 2.40. The normalized spacial score (nSPS) is 11.5. The number of nitriles is 1. The molecule has 0 bridgehead atoms. The molecular weight excluding hydrogens is 433 g/mol. The number of nitrogens with zero attached hydrogens (tertiary/aromatic N) is 3. The van der Waals surface area contributed by atoms with Crippen LogP contribution in [0.25, 0.3) is 5.69 Å². The van der Waals surface area contributed by atoms with Crippen molar-refractivity contribution in [2.45, 2.75) is 12.4 Å². The molecule has 1 aromatic carbocycles. The summed E-state index contributed by atoms with van der Waals surface area (Å²) in [4.78, 5) is 0. The van der Waals surface area contributed by atoms with Crippen molar-refractivity contribution in [3.8, 4) is 11.8 Å². The summed E-state index contributed by atoms with van der Waals surface area (Å²) in [6.45, 7) is 0. The molecule has 140 valence electrons. The smallest absolute Gasteiger partial charge is 0.383 e. The molecule has 0 spiro atoms. The molecule has 0 saturated heterocycles. The number of nitrogens with two attached hydrogens (primary N) is 1. The van der Waals surface area contributed by atoms with Crippen LogP contribution < -0.4 is 5.73 Å². The quantitative estimate of drug-likeness (QED) is 0.672. The van der Waals surface area contributed by atoms with E-state index in [1.54, 1.807) is 0 Å². The van der Waals surface area contributed by atoms with E-state index in [9.17, 15) is 26.3 Å². The van der Waals surface area contributed by atoms with E-state index >= 15 is 0 Å². The summed E-state index contributed by atoms with van der Waals surface area (Å²) < 4.78 is 85.1. The van der Waals surface area contributed by atoms with E-state index in [4.69, 9.17) is 38.4 Å². The van der Waals surface area contributed by atoms with E-state index in [1.807, 2.05) is 0 Å². The molecule has 5 nitrogen and oxygen atoms in total. The van der Waals surface area contributed by atoms with Gasteiger partial charge in [-0.25, -0.2) is 4.68 Å². The van der Waals surface area contributed by atoms with Crippen molar-refractivity contribution in [3.05, 3.63) is 39.0 Å². The first-order chi connectivity index (χ1) is 11.9. The Hall–Kier alpha value is -2.10. The van der Waals surface area contributed by atoms with Crippen molar-refractivity contribution in [1.82, 2.24) is 9.78 Å². The molecule has 0 aliphatic heterocycles. The predicted molar refractivity (Wildman–Crippen MR) is 80.9 cm³/mol. The minimum Gasteiger partial charge on any atom is -0.383 e. The summed E-state index contributed by atoms with van der Waals surface area (Å²) in [5, 5.41) is 10.8. The van der Waals surface area contributed by atoms with Crippen molar-refractivity contribution in [2.75, 3.05) is 5.73 Å². The topological polar surface area (TPSA) is 84.7 Å². The largest absolute Gasteiger partial charge is 0.422 e. The van der Waals surface area contributed by atoms with Crippen LogP contribution in [0.2, 0.25) is 10.0 Å². The van der Waals surface area contributed by atoms with Crippen molar-refractivity contribution in [3.63, 3.8) is 0 Å². The van der Waals surface area contributed by atoms with Crippen molar-refractivity contribution in [2.24, 2.45) is 0 Å². The maximum atomic E-state index is 12.9. The standard InChI is InChI=1S/C12H4Cl2F6N4.OS/c13-5-1-4(11(15,16)17)2-6(14)9(5)24-10(22)8(12(18,19)20)7(3-21)23-24;1-2/h1-2H,22H2;. The highest BCUT2D eigenvalue weighted by Crippen LogP contribution is 2.41. The Labute approximate surface area is 156 Å². The van der Waals surface area contributed by atoms with Gasteiger partial charge in [0.25, 0.3) is 0 Å². The summed E-state index contributed by atoms with van der Waals surface area (Å²) in [5.74, 6) is -1.03. The molecule has 2 N–H and O–H groups in total. The summed E-state index contributed by atoms with van der Waals surface area (Å²) in [6.07, 6.45) is -9.77. The van der Waals surface area contributed by atoms with Gasteiger partial charge in [-0.05, 0) is 12.1 Å². The van der Waals surface area contributed by atoms with Gasteiger partial charge in [0.2, 0.25) is 0 Å². The van der Waals surface area contributed by atoms with Crippen LogP contribution in [0.5, 0.6) is 0 Å². The van der Waals surface area contributed by atoms with Gasteiger partial charge in [-0.2, -0.15) is 40.9 Å². The zero-order valence-corrected chi connectivity index (χ0v) is 14.2. The number of rotatable bonds is 1. The predicted octanol–water partition coefficient (Wildman–Crippen LogP) is 4.33. The van der Waals surface area contributed by atoms with Gasteiger partial charge in [-0.1, -0.05) is 23.2 Å². The second-order valence-electron chi connectivity index (χ2n) is 4.42. The van der Waals surface area contributed by atoms with Crippen LogP contribution in [-0.2, 0) is 24.9 Å². The number of alkyl halides is 6. The first-order valence-corrected chi connectivity index (χ1v) is 7.06. The number of benzene rings is 1. The first kappa shape index (κ1) is 21.9. The third kappa shape index (κ3) is 4.17. The molecule has 1 heterocycles. The highest BCUT2D eigenvalue weighted by atomic mass is 35.5. The van der Waals surface area contributed by atoms with Crippen LogP contribution >= 0.6 is 23.2 Å². The number of aromatic nitrogens is 2. The number of anilines is 1. The molecule has 0 atom stereocenters. The number of halogens is 8. The van der Waals surface area contributed by atoms with E-state index in [2.05, 4.69) is 17.6 Å². The molecule has 2 aromatic rings. The molecule has 0 radical (unpaired) electrons. The lowest BCUT2D eigenvalue weighted by atomic mass is 10.2. The van der Waals surface area contributed by atoms with Crippen LogP contribution in [0.3, 0.4) is 0 Å². The van der Waals surface area contributed by atoms with Crippen LogP contribution in [-0.4, -0.2) is 14.0 Å². The molecule has 0 aliphatic rings. The molecule has 0 fully saturated rings. The van der Waals surface area contributed by atoms with Gasteiger partial charge in [0.1, 0.15) is 23.1 Å². The monoisotopic (exact) mass is 436 g/mol. The van der Waals surface area contributed by atoms with Crippen molar-refractivity contribution in [1.29, 1.82) is 5.26 Å². The summed E-state index contributed by atoms with van der Waals surface area (Å²) in [5.41, 5.74) is 1.05. The Balaban J connectivity index is 0.00000163. The Morgan fingerprint density at radius 1 is 1.08 bits per heavy atom. The van der Waals surface area contributed by atoms with Gasteiger partial charge >= 0.3 is 12.4 Å². The molecule has 26 heavy (non-hydrogen) atoms. The lowest BCUT2D eigenvalue weighted by molar-refractivity contribution is -0.138. The number of hydrogen-bond acceptors (Lipinski definition) is 5. The second-order valence-corrected chi connectivity index (χ2v) is 5.23. The third-order valence-corrected chi connectivity index (χ3v) is 3.44. The third-order valence-electron chi connectivity index (χ3n) is 2.87. The Morgan fingerprint density at radius 3 is 1.85 bits per heavy atom.